The molecule has 4 nitrogen and oxygen atoms in total. The number of phenols is 1. The molecule has 1 aromatic rings. The van der Waals surface area contributed by atoms with Gasteiger partial charge in [0.2, 0.25) is 0 Å². The van der Waals surface area contributed by atoms with E-state index in [2.05, 4.69) is 4.74 Å². The molecule has 0 aliphatic rings. The van der Waals surface area contributed by atoms with Gasteiger partial charge in [-0.1, -0.05) is 11.6 Å². The van der Waals surface area contributed by atoms with Gasteiger partial charge in [-0.25, -0.2) is 4.79 Å². The number of carbonyl (C=O) groups is 2. The molecule has 0 aromatic heterocycles. The Morgan fingerprint density at radius 2 is 1.95 bits per heavy atom. The van der Waals surface area contributed by atoms with E-state index in [4.69, 9.17) is 11.6 Å². The van der Waals surface area contributed by atoms with Crippen LogP contribution < -0.4 is 0 Å². The third-order valence-electron chi connectivity index (χ3n) is 2.09. The van der Waals surface area contributed by atoms with Gasteiger partial charge in [0, 0.05) is 5.02 Å². The topological polar surface area (TPSA) is 63.6 Å². The summed E-state index contributed by atoms with van der Waals surface area (Å²) in [6.07, 6.45) is -4.90. The number of ether oxygens (including phenoxy) is 1. The van der Waals surface area contributed by atoms with Gasteiger partial charge in [0.15, 0.2) is 0 Å². The molecule has 1 rings (SSSR count). The highest BCUT2D eigenvalue weighted by Crippen LogP contribution is 2.39. The van der Waals surface area contributed by atoms with Gasteiger partial charge in [-0.15, -0.1) is 0 Å². The Bertz CT molecular complexity index is 525. The standard InChI is InChI=1S/C11H8ClF3O4/c1-2-19-10(18)9(17)6-3-5(12)4-7(8(6)16)11(13,14)15/h3-4,16H,2H2,1H3. The maximum Gasteiger partial charge on any atom is 0.420 e. The molecule has 0 aliphatic heterocycles. The van der Waals surface area contributed by atoms with E-state index in [1.54, 1.807) is 0 Å². The van der Waals surface area contributed by atoms with E-state index in [0.717, 1.165) is 6.07 Å². The number of halogens is 4. The number of rotatable bonds is 3. The van der Waals surface area contributed by atoms with Crippen molar-refractivity contribution >= 4 is 23.4 Å². The highest BCUT2D eigenvalue weighted by molar-refractivity contribution is 6.42. The van der Waals surface area contributed by atoms with Crippen molar-refractivity contribution in [3.8, 4) is 5.75 Å². The van der Waals surface area contributed by atoms with Crippen LogP contribution in [0, 0.1) is 0 Å². The lowest BCUT2D eigenvalue weighted by atomic mass is 10.0. The molecule has 8 heteroatoms. The maximum absolute atomic E-state index is 12.6. The highest BCUT2D eigenvalue weighted by atomic mass is 35.5. The van der Waals surface area contributed by atoms with Gasteiger partial charge in [-0.05, 0) is 19.1 Å². The zero-order valence-electron chi connectivity index (χ0n) is 9.55. The van der Waals surface area contributed by atoms with Gasteiger partial charge in [-0.3, -0.25) is 4.79 Å². The predicted octanol–water partition coefficient (Wildman–Crippen LogP) is 2.81. The molecule has 1 N–H and O–H groups in total. The summed E-state index contributed by atoms with van der Waals surface area (Å²) in [6.45, 7) is 1.29. The van der Waals surface area contributed by atoms with Gasteiger partial charge in [0.25, 0.3) is 5.78 Å². The lowest BCUT2D eigenvalue weighted by Gasteiger charge is -2.12. The Hall–Kier alpha value is -1.76. The van der Waals surface area contributed by atoms with E-state index in [1.807, 2.05) is 0 Å². The number of phenolic OH excluding ortho intramolecular Hbond substituents is 1. The second-order valence-corrected chi connectivity index (χ2v) is 3.83. The van der Waals surface area contributed by atoms with Gasteiger partial charge in [-0.2, -0.15) is 13.2 Å². The van der Waals surface area contributed by atoms with Gasteiger partial charge in [0.1, 0.15) is 5.75 Å². The van der Waals surface area contributed by atoms with Crippen LogP contribution >= 0.6 is 11.6 Å². The zero-order valence-corrected chi connectivity index (χ0v) is 10.3. The van der Waals surface area contributed by atoms with Crippen molar-refractivity contribution in [2.75, 3.05) is 6.61 Å². The molecular weight excluding hydrogens is 289 g/mol. The molecular formula is C11H8ClF3O4. The zero-order chi connectivity index (χ0) is 14.8. The average Bonchev–Trinajstić information content (AvgIpc) is 2.29. The Morgan fingerprint density at radius 1 is 1.37 bits per heavy atom. The van der Waals surface area contributed by atoms with E-state index >= 15 is 0 Å². The van der Waals surface area contributed by atoms with Crippen molar-refractivity contribution in [3.63, 3.8) is 0 Å². The van der Waals surface area contributed by atoms with Gasteiger partial charge >= 0.3 is 12.1 Å². The van der Waals surface area contributed by atoms with Crippen molar-refractivity contribution in [1.82, 2.24) is 0 Å². The second-order valence-electron chi connectivity index (χ2n) is 3.40. The number of esters is 1. The van der Waals surface area contributed by atoms with Crippen molar-refractivity contribution < 1.29 is 32.6 Å². The smallest absolute Gasteiger partial charge is 0.420 e. The minimum Gasteiger partial charge on any atom is -0.507 e. The summed E-state index contributed by atoms with van der Waals surface area (Å²) < 4.78 is 42.1. The van der Waals surface area contributed by atoms with Gasteiger partial charge in [0.05, 0.1) is 17.7 Å². The minimum atomic E-state index is -4.90. The van der Waals surface area contributed by atoms with Crippen LogP contribution in [-0.4, -0.2) is 23.5 Å². The second kappa shape index (κ2) is 5.48. The molecule has 0 saturated carbocycles. The third kappa shape index (κ3) is 3.37. The van der Waals surface area contributed by atoms with Crippen LogP contribution in [0.2, 0.25) is 5.02 Å². The molecule has 0 heterocycles. The van der Waals surface area contributed by atoms with E-state index in [0.29, 0.717) is 6.07 Å². The van der Waals surface area contributed by atoms with Crippen LogP contribution in [0.1, 0.15) is 22.8 Å². The largest absolute Gasteiger partial charge is 0.507 e. The summed E-state index contributed by atoms with van der Waals surface area (Å²) >= 11 is 5.44. The van der Waals surface area contributed by atoms with E-state index in [-0.39, 0.29) is 6.61 Å². The predicted molar refractivity (Wildman–Crippen MR) is 59.1 cm³/mol. The summed E-state index contributed by atoms with van der Waals surface area (Å²) in [5.41, 5.74) is -2.34. The van der Waals surface area contributed by atoms with E-state index in [9.17, 15) is 27.9 Å². The summed E-state index contributed by atoms with van der Waals surface area (Å²) in [5, 5.41) is 9.00. The molecule has 19 heavy (non-hydrogen) atoms. The molecule has 1 aromatic carbocycles. The quantitative estimate of drug-likeness (QED) is 0.529. The van der Waals surface area contributed by atoms with E-state index in [1.165, 1.54) is 6.92 Å². The van der Waals surface area contributed by atoms with Crippen molar-refractivity contribution in [2.45, 2.75) is 13.1 Å². The average molecular weight is 297 g/mol. The van der Waals surface area contributed by atoms with Crippen molar-refractivity contribution in [2.24, 2.45) is 0 Å². The summed E-state index contributed by atoms with van der Waals surface area (Å²) in [5.74, 6) is -4.12. The monoisotopic (exact) mass is 296 g/mol. The fourth-order valence-electron chi connectivity index (χ4n) is 1.30. The molecule has 0 unspecified atom stereocenters. The third-order valence-corrected chi connectivity index (χ3v) is 2.30. The molecule has 0 bridgehead atoms. The molecule has 0 fully saturated rings. The van der Waals surface area contributed by atoms with Crippen LogP contribution in [0.3, 0.4) is 0 Å². The lowest BCUT2D eigenvalue weighted by molar-refractivity contribution is -0.139. The number of aromatic hydroxyl groups is 1. The molecule has 0 atom stereocenters. The molecule has 104 valence electrons. The Kier molecular flexibility index (Phi) is 4.41. The van der Waals surface area contributed by atoms with Crippen LogP contribution in [0.25, 0.3) is 0 Å². The molecule has 0 radical (unpaired) electrons. The van der Waals surface area contributed by atoms with Crippen LogP contribution in [-0.2, 0) is 15.7 Å². The number of benzene rings is 1. The number of hydrogen-bond acceptors (Lipinski definition) is 4. The van der Waals surface area contributed by atoms with Crippen molar-refractivity contribution in [3.05, 3.63) is 28.3 Å². The number of Topliss-reactive ketones (excluding diaryl/α,β-unsaturated/α-hetero) is 1. The summed E-state index contributed by atoms with van der Waals surface area (Å²) in [6, 6.07) is 1.23. The Labute approximate surface area is 110 Å². The van der Waals surface area contributed by atoms with Crippen LogP contribution in [0.15, 0.2) is 12.1 Å². The first kappa shape index (κ1) is 15.3. The number of alkyl halides is 3. The molecule has 0 saturated heterocycles. The highest BCUT2D eigenvalue weighted by Gasteiger charge is 2.37. The first-order valence-corrected chi connectivity index (χ1v) is 5.37. The lowest BCUT2D eigenvalue weighted by Crippen LogP contribution is -2.19. The molecule has 0 amide bonds. The Balaban J connectivity index is 3.34. The summed E-state index contributed by atoms with van der Waals surface area (Å²) in [4.78, 5) is 22.7. The van der Waals surface area contributed by atoms with Crippen molar-refractivity contribution in [1.29, 1.82) is 0 Å². The van der Waals surface area contributed by atoms with Crippen LogP contribution in [0.4, 0.5) is 13.2 Å². The van der Waals surface area contributed by atoms with Crippen LogP contribution in [0.5, 0.6) is 5.75 Å². The minimum absolute atomic E-state index is 0.127. The number of carbonyl (C=O) groups excluding carboxylic acids is 2. The fraction of sp³-hybridized carbons (Fsp3) is 0.273. The first-order valence-electron chi connectivity index (χ1n) is 4.99. The normalized spacial score (nSPS) is 11.2. The Morgan fingerprint density at radius 3 is 2.42 bits per heavy atom. The first-order chi connectivity index (χ1) is 8.68. The SMILES string of the molecule is CCOC(=O)C(=O)c1cc(Cl)cc(C(F)(F)F)c1O. The molecule has 0 spiro atoms. The number of ketones is 1. The van der Waals surface area contributed by atoms with Gasteiger partial charge < -0.3 is 9.84 Å². The number of hydrogen-bond donors (Lipinski definition) is 1. The molecule has 0 aliphatic carbocycles. The summed E-state index contributed by atoms with van der Waals surface area (Å²) in [7, 11) is 0. The fourth-order valence-corrected chi connectivity index (χ4v) is 1.51. The maximum atomic E-state index is 12.6. The van der Waals surface area contributed by atoms with E-state index < -0.39 is 39.8 Å².